The van der Waals surface area contributed by atoms with Crippen molar-refractivity contribution in [1.82, 2.24) is 0 Å². The first-order valence-electron chi connectivity index (χ1n) is 6.79. The molecule has 0 bridgehead atoms. The first-order valence-corrected chi connectivity index (χ1v) is 6.79. The second kappa shape index (κ2) is 9.78. The molecule has 0 aliphatic heterocycles. The molecule has 0 aliphatic carbocycles. The van der Waals surface area contributed by atoms with E-state index < -0.39 is 0 Å². The van der Waals surface area contributed by atoms with Gasteiger partial charge in [-0.3, -0.25) is 0 Å². The molecule has 0 saturated heterocycles. The topological polar surface area (TPSA) is 53.7 Å². The van der Waals surface area contributed by atoms with Crippen LogP contribution in [0.4, 0.5) is 0 Å². The van der Waals surface area contributed by atoms with Gasteiger partial charge < -0.3 is 19.9 Å². The summed E-state index contributed by atoms with van der Waals surface area (Å²) in [6.45, 7) is 7.86. The van der Waals surface area contributed by atoms with Crippen molar-refractivity contribution in [2.45, 2.75) is 20.3 Å². The Labute approximate surface area is 115 Å². The summed E-state index contributed by atoms with van der Waals surface area (Å²) in [5.41, 5.74) is 7.69. The Morgan fingerprint density at radius 2 is 1.68 bits per heavy atom. The highest BCUT2D eigenvalue weighted by atomic mass is 16.5. The van der Waals surface area contributed by atoms with Crippen LogP contribution in [0.5, 0.6) is 5.75 Å². The number of rotatable bonds is 10. The largest absolute Gasteiger partial charge is 0.493 e. The second-order valence-corrected chi connectivity index (χ2v) is 4.48. The Bertz CT molecular complexity index is 355. The molecule has 0 radical (unpaired) electrons. The van der Waals surface area contributed by atoms with Gasteiger partial charge in [0.15, 0.2) is 0 Å². The molecule has 4 nitrogen and oxygen atoms in total. The van der Waals surface area contributed by atoms with E-state index in [9.17, 15) is 0 Å². The van der Waals surface area contributed by atoms with Crippen LogP contribution in [0.25, 0.3) is 0 Å². The van der Waals surface area contributed by atoms with Gasteiger partial charge in [0.25, 0.3) is 0 Å². The highest BCUT2D eigenvalue weighted by Gasteiger charge is 1.99. The summed E-state index contributed by atoms with van der Waals surface area (Å²) >= 11 is 0. The molecule has 0 spiro atoms. The van der Waals surface area contributed by atoms with Crippen molar-refractivity contribution < 1.29 is 14.2 Å². The van der Waals surface area contributed by atoms with E-state index in [1.807, 2.05) is 0 Å². The maximum atomic E-state index is 5.73. The van der Waals surface area contributed by atoms with E-state index in [1.54, 1.807) is 0 Å². The van der Waals surface area contributed by atoms with E-state index >= 15 is 0 Å². The Balaban J connectivity index is 2.03. The van der Waals surface area contributed by atoms with Crippen LogP contribution in [0, 0.1) is 13.8 Å². The zero-order chi connectivity index (χ0) is 13.9. The fourth-order valence-electron chi connectivity index (χ4n) is 1.61. The molecule has 0 aliphatic rings. The fraction of sp³-hybridized carbons (Fsp3) is 0.600. The Morgan fingerprint density at radius 3 is 2.42 bits per heavy atom. The minimum Gasteiger partial charge on any atom is -0.493 e. The van der Waals surface area contributed by atoms with Crippen LogP contribution in [0.2, 0.25) is 0 Å². The molecular formula is C15H25NO3. The average Bonchev–Trinajstić information content (AvgIpc) is 2.40. The first-order chi connectivity index (χ1) is 9.24. The first kappa shape index (κ1) is 16.0. The molecule has 0 atom stereocenters. The Morgan fingerprint density at radius 1 is 0.947 bits per heavy atom. The minimum atomic E-state index is 0.559. The van der Waals surface area contributed by atoms with Gasteiger partial charge in [0, 0.05) is 19.6 Å². The van der Waals surface area contributed by atoms with E-state index in [0.29, 0.717) is 39.6 Å². The standard InChI is InChI=1S/C15H25NO3/c1-13-4-5-14(2)15(12-13)19-8-3-7-17-10-11-18-9-6-16/h4-5,12H,3,6-11,16H2,1-2H3. The van der Waals surface area contributed by atoms with Crippen LogP contribution < -0.4 is 10.5 Å². The zero-order valence-corrected chi connectivity index (χ0v) is 12.0. The smallest absolute Gasteiger partial charge is 0.122 e. The monoisotopic (exact) mass is 267 g/mol. The summed E-state index contributed by atoms with van der Waals surface area (Å²) in [5.74, 6) is 0.964. The summed E-state index contributed by atoms with van der Waals surface area (Å²) < 4.78 is 16.4. The van der Waals surface area contributed by atoms with Crippen molar-refractivity contribution in [2.75, 3.05) is 39.6 Å². The molecule has 1 aromatic rings. The highest BCUT2D eigenvalue weighted by Crippen LogP contribution is 2.19. The fourth-order valence-corrected chi connectivity index (χ4v) is 1.61. The van der Waals surface area contributed by atoms with Gasteiger partial charge >= 0.3 is 0 Å². The number of benzene rings is 1. The number of aryl methyl sites for hydroxylation is 2. The summed E-state index contributed by atoms with van der Waals surface area (Å²) in [4.78, 5) is 0. The van der Waals surface area contributed by atoms with Crippen molar-refractivity contribution >= 4 is 0 Å². The molecule has 0 amide bonds. The molecule has 2 N–H and O–H groups in total. The second-order valence-electron chi connectivity index (χ2n) is 4.48. The molecule has 19 heavy (non-hydrogen) atoms. The van der Waals surface area contributed by atoms with Gasteiger partial charge in [0.05, 0.1) is 26.4 Å². The van der Waals surface area contributed by atoms with Gasteiger partial charge in [-0.1, -0.05) is 12.1 Å². The molecule has 4 heteroatoms. The Kier molecular flexibility index (Phi) is 8.21. The predicted octanol–water partition coefficient (Wildman–Crippen LogP) is 2.06. The van der Waals surface area contributed by atoms with Crippen molar-refractivity contribution in [3.8, 4) is 5.75 Å². The van der Waals surface area contributed by atoms with Crippen LogP contribution in [0.3, 0.4) is 0 Å². The lowest BCUT2D eigenvalue weighted by atomic mass is 10.1. The summed E-state index contributed by atoms with van der Waals surface area (Å²) in [5, 5.41) is 0. The number of nitrogens with two attached hydrogens (primary N) is 1. The van der Waals surface area contributed by atoms with Crippen LogP contribution in [-0.4, -0.2) is 39.6 Å². The third-order valence-corrected chi connectivity index (χ3v) is 2.67. The molecule has 0 saturated carbocycles. The van der Waals surface area contributed by atoms with Crippen molar-refractivity contribution in [2.24, 2.45) is 5.73 Å². The maximum absolute atomic E-state index is 5.73. The molecule has 1 aromatic carbocycles. The number of hydrogen-bond donors (Lipinski definition) is 1. The van der Waals surface area contributed by atoms with E-state index in [2.05, 4.69) is 32.0 Å². The number of ether oxygens (including phenoxy) is 3. The molecule has 0 unspecified atom stereocenters. The van der Waals surface area contributed by atoms with Gasteiger partial charge in [-0.2, -0.15) is 0 Å². The summed E-state index contributed by atoms with van der Waals surface area (Å²) in [6, 6.07) is 6.24. The SMILES string of the molecule is Cc1ccc(C)c(OCCCOCCOCCN)c1. The lowest BCUT2D eigenvalue weighted by molar-refractivity contribution is 0.0463. The van der Waals surface area contributed by atoms with Gasteiger partial charge in [-0.15, -0.1) is 0 Å². The minimum absolute atomic E-state index is 0.559. The normalized spacial score (nSPS) is 10.7. The van der Waals surface area contributed by atoms with Crippen LogP contribution in [-0.2, 0) is 9.47 Å². The zero-order valence-electron chi connectivity index (χ0n) is 12.0. The summed E-state index contributed by atoms with van der Waals surface area (Å²) in [7, 11) is 0. The summed E-state index contributed by atoms with van der Waals surface area (Å²) in [6.07, 6.45) is 0.879. The molecule has 0 fully saturated rings. The number of hydrogen-bond acceptors (Lipinski definition) is 4. The lowest BCUT2D eigenvalue weighted by Crippen LogP contribution is -2.13. The maximum Gasteiger partial charge on any atom is 0.122 e. The van der Waals surface area contributed by atoms with E-state index in [1.165, 1.54) is 11.1 Å². The molecule has 0 aromatic heterocycles. The molecule has 1 rings (SSSR count). The van der Waals surface area contributed by atoms with Crippen LogP contribution in [0.15, 0.2) is 18.2 Å². The van der Waals surface area contributed by atoms with Crippen molar-refractivity contribution in [1.29, 1.82) is 0 Å². The van der Waals surface area contributed by atoms with Crippen molar-refractivity contribution in [3.63, 3.8) is 0 Å². The quantitative estimate of drug-likeness (QED) is 0.659. The average molecular weight is 267 g/mol. The van der Waals surface area contributed by atoms with Crippen molar-refractivity contribution in [3.05, 3.63) is 29.3 Å². The van der Waals surface area contributed by atoms with Gasteiger partial charge in [0.1, 0.15) is 5.75 Å². The highest BCUT2D eigenvalue weighted by molar-refractivity contribution is 5.35. The van der Waals surface area contributed by atoms with Gasteiger partial charge in [-0.25, -0.2) is 0 Å². The van der Waals surface area contributed by atoms with E-state index in [0.717, 1.165) is 12.2 Å². The Hall–Kier alpha value is -1.10. The van der Waals surface area contributed by atoms with Gasteiger partial charge in [-0.05, 0) is 31.0 Å². The van der Waals surface area contributed by atoms with Crippen LogP contribution in [0.1, 0.15) is 17.5 Å². The predicted molar refractivity (Wildman–Crippen MR) is 76.7 cm³/mol. The third-order valence-electron chi connectivity index (χ3n) is 2.67. The third kappa shape index (κ3) is 7.15. The molecule has 108 valence electrons. The van der Waals surface area contributed by atoms with Crippen LogP contribution >= 0.6 is 0 Å². The lowest BCUT2D eigenvalue weighted by Gasteiger charge is -2.10. The van der Waals surface area contributed by atoms with E-state index in [4.69, 9.17) is 19.9 Å². The molecular weight excluding hydrogens is 242 g/mol. The van der Waals surface area contributed by atoms with E-state index in [-0.39, 0.29) is 0 Å². The molecule has 0 heterocycles. The van der Waals surface area contributed by atoms with Gasteiger partial charge in [0.2, 0.25) is 0 Å².